The van der Waals surface area contributed by atoms with Gasteiger partial charge < -0.3 is 20.0 Å². The van der Waals surface area contributed by atoms with E-state index in [1.807, 2.05) is 61.7 Å². The van der Waals surface area contributed by atoms with Crippen LogP contribution in [0, 0.1) is 6.92 Å². The molecule has 150 valence electrons. The van der Waals surface area contributed by atoms with Crippen LogP contribution in [0.3, 0.4) is 0 Å². The maximum Gasteiger partial charge on any atom is 0.157 e. The smallest absolute Gasteiger partial charge is 0.157 e. The molecule has 0 radical (unpaired) electrons. The Hall–Kier alpha value is -4.25. The van der Waals surface area contributed by atoms with E-state index < -0.39 is 0 Å². The van der Waals surface area contributed by atoms with E-state index in [0.29, 0.717) is 0 Å². The van der Waals surface area contributed by atoms with Crippen LogP contribution in [0.25, 0.3) is 32.8 Å². The van der Waals surface area contributed by atoms with Crippen molar-refractivity contribution in [3.05, 3.63) is 90.8 Å². The summed E-state index contributed by atoms with van der Waals surface area (Å²) in [5.41, 5.74) is 5.86. The monoisotopic (exact) mass is 404 g/mol. The van der Waals surface area contributed by atoms with Crippen molar-refractivity contribution in [2.24, 2.45) is 0 Å². The fourth-order valence-corrected chi connectivity index (χ4v) is 4.10. The van der Waals surface area contributed by atoms with Crippen molar-refractivity contribution in [3.8, 4) is 0 Å². The van der Waals surface area contributed by atoms with E-state index >= 15 is 0 Å². The van der Waals surface area contributed by atoms with E-state index in [-0.39, 0.29) is 0 Å². The van der Waals surface area contributed by atoms with E-state index in [1.165, 1.54) is 0 Å². The van der Waals surface area contributed by atoms with Gasteiger partial charge >= 0.3 is 0 Å². The van der Waals surface area contributed by atoms with E-state index in [2.05, 4.69) is 45.9 Å². The van der Waals surface area contributed by atoms with Crippen LogP contribution in [0.2, 0.25) is 0 Å². The molecular formula is C26H20N4O. The summed E-state index contributed by atoms with van der Waals surface area (Å²) in [7, 11) is 0. The summed E-state index contributed by atoms with van der Waals surface area (Å²) >= 11 is 0. The van der Waals surface area contributed by atoms with Gasteiger partial charge in [0.05, 0.1) is 11.2 Å². The number of aromatic amines is 1. The molecule has 3 aromatic heterocycles. The zero-order valence-electron chi connectivity index (χ0n) is 16.9. The van der Waals surface area contributed by atoms with Crippen molar-refractivity contribution in [2.45, 2.75) is 6.92 Å². The van der Waals surface area contributed by atoms with E-state index in [1.54, 1.807) is 0 Å². The third-order valence-corrected chi connectivity index (χ3v) is 5.53. The first-order chi connectivity index (χ1) is 15.2. The first-order valence-corrected chi connectivity index (χ1v) is 10.2. The van der Waals surface area contributed by atoms with Crippen molar-refractivity contribution in [2.75, 3.05) is 10.6 Å². The highest BCUT2D eigenvalue weighted by molar-refractivity contribution is 5.99. The van der Waals surface area contributed by atoms with Crippen LogP contribution in [-0.4, -0.2) is 9.97 Å². The highest BCUT2D eigenvalue weighted by atomic mass is 16.3. The number of benzene rings is 3. The zero-order chi connectivity index (χ0) is 20.8. The van der Waals surface area contributed by atoms with Crippen LogP contribution in [0.15, 0.2) is 89.5 Å². The summed E-state index contributed by atoms with van der Waals surface area (Å²) in [6, 6.07) is 26.6. The number of H-pyrrole nitrogens is 1. The highest BCUT2D eigenvalue weighted by Gasteiger charge is 2.09. The Morgan fingerprint density at radius 3 is 2.52 bits per heavy atom. The van der Waals surface area contributed by atoms with Gasteiger partial charge in [-0.25, -0.2) is 4.98 Å². The van der Waals surface area contributed by atoms with E-state index in [0.717, 1.165) is 61.4 Å². The third kappa shape index (κ3) is 3.07. The molecule has 0 aliphatic heterocycles. The Morgan fingerprint density at radius 1 is 0.774 bits per heavy atom. The number of hydrogen-bond acceptors (Lipinski definition) is 4. The summed E-state index contributed by atoms with van der Waals surface area (Å²) in [6.45, 7) is 1.96. The van der Waals surface area contributed by atoms with Gasteiger partial charge in [0, 0.05) is 39.2 Å². The number of fused-ring (bicyclic) bond motifs is 3. The fraction of sp³-hybridized carbons (Fsp3) is 0.0385. The molecule has 0 amide bonds. The van der Waals surface area contributed by atoms with Crippen LogP contribution < -0.4 is 10.6 Å². The van der Waals surface area contributed by atoms with Crippen LogP contribution in [0.1, 0.15) is 5.76 Å². The zero-order valence-corrected chi connectivity index (χ0v) is 16.9. The maximum absolute atomic E-state index is 5.87. The van der Waals surface area contributed by atoms with Crippen LogP contribution in [0.4, 0.5) is 22.9 Å². The van der Waals surface area contributed by atoms with Gasteiger partial charge in [-0.3, -0.25) is 0 Å². The molecule has 0 aliphatic carbocycles. The second kappa shape index (κ2) is 6.92. The van der Waals surface area contributed by atoms with Gasteiger partial charge in [0.15, 0.2) is 5.58 Å². The fourth-order valence-electron chi connectivity index (χ4n) is 4.10. The van der Waals surface area contributed by atoms with Crippen LogP contribution in [0.5, 0.6) is 0 Å². The lowest BCUT2D eigenvalue weighted by Crippen LogP contribution is -1.96. The lowest BCUT2D eigenvalue weighted by Gasteiger charge is -2.12. The van der Waals surface area contributed by atoms with Gasteiger partial charge in [0.2, 0.25) is 0 Å². The number of aryl methyl sites for hydroxylation is 1. The van der Waals surface area contributed by atoms with Gasteiger partial charge in [0.25, 0.3) is 0 Å². The Morgan fingerprint density at radius 2 is 1.58 bits per heavy atom. The minimum absolute atomic E-state index is 0.777. The molecule has 6 rings (SSSR count). The number of furan rings is 1. The molecule has 3 N–H and O–H groups in total. The molecular weight excluding hydrogens is 384 g/mol. The normalized spacial score (nSPS) is 11.4. The van der Waals surface area contributed by atoms with Crippen molar-refractivity contribution < 1.29 is 4.42 Å². The van der Waals surface area contributed by atoms with Gasteiger partial charge in [0.1, 0.15) is 11.6 Å². The van der Waals surface area contributed by atoms with Crippen LogP contribution in [-0.2, 0) is 0 Å². The first-order valence-electron chi connectivity index (χ1n) is 10.2. The molecule has 3 heterocycles. The van der Waals surface area contributed by atoms with Crippen molar-refractivity contribution in [3.63, 3.8) is 0 Å². The average molecular weight is 404 g/mol. The van der Waals surface area contributed by atoms with Gasteiger partial charge in [-0.2, -0.15) is 0 Å². The van der Waals surface area contributed by atoms with E-state index in [4.69, 9.17) is 9.40 Å². The van der Waals surface area contributed by atoms with Crippen molar-refractivity contribution >= 4 is 55.7 Å². The Kier molecular flexibility index (Phi) is 3.93. The number of pyridine rings is 1. The molecule has 0 atom stereocenters. The largest absolute Gasteiger partial charge is 0.459 e. The molecule has 0 unspecified atom stereocenters. The van der Waals surface area contributed by atoms with Gasteiger partial charge in [-0.15, -0.1) is 0 Å². The topological polar surface area (TPSA) is 65.9 Å². The Labute approximate surface area is 178 Å². The second-order valence-corrected chi connectivity index (χ2v) is 7.64. The highest BCUT2D eigenvalue weighted by Crippen LogP contribution is 2.32. The number of para-hydroxylation sites is 1. The molecule has 0 spiro atoms. The number of nitrogens with zero attached hydrogens (tertiary/aromatic N) is 1. The number of rotatable bonds is 4. The number of anilines is 4. The molecule has 0 saturated carbocycles. The lowest BCUT2D eigenvalue weighted by molar-refractivity contribution is 0.579. The first kappa shape index (κ1) is 17.6. The molecule has 5 nitrogen and oxygen atoms in total. The summed E-state index contributed by atoms with van der Waals surface area (Å²) in [6.07, 6.45) is 1.96. The third-order valence-electron chi connectivity index (χ3n) is 5.53. The number of nitrogens with one attached hydrogen (secondary N) is 3. The summed E-state index contributed by atoms with van der Waals surface area (Å²) in [5, 5.41) is 10.3. The molecule has 31 heavy (non-hydrogen) atoms. The molecule has 3 aromatic carbocycles. The Bertz CT molecular complexity index is 1560. The minimum Gasteiger partial charge on any atom is -0.459 e. The summed E-state index contributed by atoms with van der Waals surface area (Å²) in [4.78, 5) is 8.10. The maximum atomic E-state index is 5.87. The number of aromatic nitrogens is 2. The summed E-state index contributed by atoms with van der Waals surface area (Å²) in [5.74, 6) is 1.67. The SMILES string of the molecule is Cc1cc2cccc(Nc3ccc4c(Nc5cccc6[nH]ccc56)cccc4n3)c2o1. The molecule has 0 aliphatic rings. The predicted molar refractivity (Wildman–Crippen MR) is 128 cm³/mol. The molecule has 5 heteroatoms. The summed E-state index contributed by atoms with van der Waals surface area (Å²) < 4.78 is 5.87. The lowest BCUT2D eigenvalue weighted by atomic mass is 10.1. The van der Waals surface area contributed by atoms with E-state index in [9.17, 15) is 0 Å². The van der Waals surface area contributed by atoms with Crippen LogP contribution >= 0.6 is 0 Å². The average Bonchev–Trinajstić information content (AvgIpc) is 3.41. The molecule has 0 bridgehead atoms. The predicted octanol–water partition coefficient (Wildman–Crippen LogP) is 7.26. The molecule has 0 saturated heterocycles. The van der Waals surface area contributed by atoms with Gasteiger partial charge in [-0.05, 0) is 61.5 Å². The second-order valence-electron chi connectivity index (χ2n) is 7.64. The van der Waals surface area contributed by atoms with Crippen molar-refractivity contribution in [1.29, 1.82) is 0 Å². The van der Waals surface area contributed by atoms with Crippen molar-refractivity contribution in [1.82, 2.24) is 9.97 Å². The standard InChI is InChI=1S/C26H20N4O/c1-16-15-17-5-2-10-24(26(17)31-16)30-25-12-11-18-21(8-4-9-23(18)29-25)28-22-7-3-6-20-19(22)13-14-27-20/h2-15,27-28H,1H3,(H,29,30). The molecule has 0 fully saturated rings. The number of hydrogen-bond donors (Lipinski definition) is 3. The quantitative estimate of drug-likeness (QED) is 0.289. The molecule has 6 aromatic rings. The Balaban J connectivity index is 1.37. The van der Waals surface area contributed by atoms with Gasteiger partial charge in [-0.1, -0.05) is 24.3 Å². The minimum atomic E-state index is 0.777.